The van der Waals surface area contributed by atoms with Crippen molar-refractivity contribution in [1.82, 2.24) is 0 Å². The third-order valence-electron chi connectivity index (χ3n) is 2.32. The lowest BCUT2D eigenvalue weighted by Gasteiger charge is -2.25. The Bertz CT molecular complexity index is 322. The number of aliphatic hydroxyl groups is 2. The summed E-state index contributed by atoms with van der Waals surface area (Å²) in [6.07, 6.45) is -1.83. The van der Waals surface area contributed by atoms with Gasteiger partial charge in [0, 0.05) is 0 Å². The highest BCUT2D eigenvalue weighted by molar-refractivity contribution is 5.31. The number of hydrogen-bond donors (Lipinski definition) is 2. The van der Waals surface area contributed by atoms with Gasteiger partial charge >= 0.3 is 0 Å². The SMILES string of the molecule is [2H][C@]1(O)CCc2ccccc2[C@H]1O. The lowest BCUT2D eigenvalue weighted by molar-refractivity contribution is 0.00650. The Hall–Kier alpha value is -0.860. The second-order valence-corrected chi connectivity index (χ2v) is 3.09. The fourth-order valence-corrected chi connectivity index (χ4v) is 1.61. The molecule has 64 valence electrons. The molecule has 0 aromatic heterocycles. The normalized spacial score (nSPS) is 35.5. The highest BCUT2D eigenvalue weighted by Gasteiger charge is 2.25. The van der Waals surface area contributed by atoms with Gasteiger partial charge in [0.2, 0.25) is 0 Å². The third-order valence-corrected chi connectivity index (χ3v) is 2.32. The van der Waals surface area contributed by atoms with Crippen LogP contribution in [0.3, 0.4) is 0 Å². The van der Waals surface area contributed by atoms with E-state index in [1.54, 1.807) is 6.07 Å². The zero-order valence-electron chi connectivity index (χ0n) is 7.70. The van der Waals surface area contributed by atoms with E-state index in [0.717, 1.165) is 5.56 Å². The second kappa shape index (κ2) is 2.88. The van der Waals surface area contributed by atoms with E-state index in [9.17, 15) is 10.2 Å². The van der Waals surface area contributed by atoms with Crippen molar-refractivity contribution < 1.29 is 11.6 Å². The molecule has 0 amide bonds. The Balaban J connectivity index is 2.45. The molecular weight excluding hydrogens is 152 g/mol. The maximum Gasteiger partial charge on any atom is 0.105 e. The van der Waals surface area contributed by atoms with Gasteiger partial charge in [0.1, 0.15) is 6.10 Å². The number of rotatable bonds is 0. The van der Waals surface area contributed by atoms with Crippen LogP contribution in [0.15, 0.2) is 24.3 Å². The maximum atomic E-state index is 9.65. The quantitative estimate of drug-likeness (QED) is 0.602. The molecule has 1 aliphatic rings. The number of fused-ring (bicyclic) bond motifs is 1. The summed E-state index contributed by atoms with van der Waals surface area (Å²) in [7, 11) is 0. The smallest absolute Gasteiger partial charge is 0.105 e. The standard InChI is InChI=1S/C10H12O2/c11-9-6-5-7-3-1-2-4-8(7)10(9)12/h1-4,9-12H,5-6H2/t9-,10+/m0/s1/i9D. The predicted molar refractivity (Wildman–Crippen MR) is 45.7 cm³/mol. The lowest BCUT2D eigenvalue weighted by atomic mass is 9.88. The Morgan fingerprint density at radius 3 is 2.92 bits per heavy atom. The van der Waals surface area contributed by atoms with Crippen LogP contribution < -0.4 is 0 Å². The van der Waals surface area contributed by atoms with Crippen LogP contribution in [0.25, 0.3) is 0 Å². The summed E-state index contributed by atoms with van der Waals surface area (Å²) in [4.78, 5) is 0. The molecule has 2 rings (SSSR count). The number of aliphatic hydroxyl groups excluding tert-OH is 1. The molecule has 0 aliphatic heterocycles. The second-order valence-electron chi connectivity index (χ2n) is 3.09. The molecule has 0 heterocycles. The van der Waals surface area contributed by atoms with Gasteiger partial charge in [0.05, 0.1) is 7.45 Å². The average Bonchev–Trinajstić information content (AvgIpc) is 2.13. The van der Waals surface area contributed by atoms with Crippen LogP contribution in [0, 0.1) is 0 Å². The van der Waals surface area contributed by atoms with E-state index in [1.165, 1.54) is 0 Å². The molecule has 0 saturated carbocycles. The molecule has 0 saturated heterocycles. The van der Waals surface area contributed by atoms with Crippen molar-refractivity contribution >= 4 is 0 Å². The van der Waals surface area contributed by atoms with Crippen LogP contribution >= 0.6 is 0 Å². The van der Waals surface area contributed by atoms with E-state index < -0.39 is 12.2 Å². The summed E-state index contributed by atoms with van der Waals surface area (Å²) >= 11 is 0. The Morgan fingerprint density at radius 1 is 1.33 bits per heavy atom. The Morgan fingerprint density at radius 2 is 2.08 bits per heavy atom. The van der Waals surface area contributed by atoms with Crippen molar-refractivity contribution in [2.24, 2.45) is 0 Å². The molecule has 2 N–H and O–H groups in total. The van der Waals surface area contributed by atoms with Crippen LogP contribution in [0.4, 0.5) is 0 Å². The molecule has 0 bridgehead atoms. The first kappa shape index (κ1) is 6.63. The zero-order valence-corrected chi connectivity index (χ0v) is 6.70. The van der Waals surface area contributed by atoms with Crippen LogP contribution in [0.2, 0.25) is 0 Å². The Kier molecular flexibility index (Phi) is 1.59. The molecule has 12 heavy (non-hydrogen) atoms. The van der Waals surface area contributed by atoms with Gasteiger partial charge in [-0.3, -0.25) is 0 Å². The summed E-state index contributed by atoms with van der Waals surface area (Å²) in [6.45, 7) is 0. The molecule has 1 aliphatic carbocycles. The predicted octanol–water partition coefficient (Wildman–Crippen LogP) is 1.03. The van der Waals surface area contributed by atoms with E-state index in [2.05, 4.69) is 0 Å². The minimum absolute atomic E-state index is 0.297. The van der Waals surface area contributed by atoms with Crippen molar-refractivity contribution in [2.75, 3.05) is 0 Å². The molecule has 2 nitrogen and oxygen atoms in total. The molecule has 0 radical (unpaired) electrons. The molecule has 1 aromatic carbocycles. The van der Waals surface area contributed by atoms with E-state index in [-0.39, 0.29) is 0 Å². The largest absolute Gasteiger partial charge is 0.390 e. The van der Waals surface area contributed by atoms with Crippen molar-refractivity contribution in [3.8, 4) is 0 Å². The van der Waals surface area contributed by atoms with E-state index in [1.807, 2.05) is 18.2 Å². The van der Waals surface area contributed by atoms with Gasteiger partial charge in [-0.1, -0.05) is 24.3 Å². The molecule has 2 heteroatoms. The van der Waals surface area contributed by atoms with Crippen molar-refractivity contribution in [3.05, 3.63) is 35.4 Å². The summed E-state index contributed by atoms with van der Waals surface area (Å²) < 4.78 is 7.47. The Labute approximate surface area is 72.9 Å². The van der Waals surface area contributed by atoms with Gasteiger partial charge < -0.3 is 10.2 Å². The molecule has 0 spiro atoms. The van der Waals surface area contributed by atoms with Gasteiger partial charge in [-0.05, 0) is 24.0 Å². The van der Waals surface area contributed by atoms with E-state index >= 15 is 0 Å². The number of aryl methyl sites for hydroxylation is 1. The van der Waals surface area contributed by atoms with Gasteiger partial charge in [-0.25, -0.2) is 0 Å². The van der Waals surface area contributed by atoms with Crippen molar-refractivity contribution in [1.29, 1.82) is 0 Å². The molecular formula is C10H12O2. The third kappa shape index (κ3) is 1.13. The number of hydrogen-bond acceptors (Lipinski definition) is 2. The van der Waals surface area contributed by atoms with Gasteiger partial charge in [0.15, 0.2) is 0 Å². The van der Waals surface area contributed by atoms with E-state index in [4.69, 9.17) is 1.37 Å². The summed E-state index contributed by atoms with van der Waals surface area (Å²) in [5, 5.41) is 19.2. The molecule has 1 aromatic rings. The van der Waals surface area contributed by atoms with Gasteiger partial charge in [-0.15, -0.1) is 0 Å². The highest BCUT2D eigenvalue weighted by atomic mass is 16.3. The number of benzene rings is 1. The van der Waals surface area contributed by atoms with Crippen molar-refractivity contribution in [3.63, 3.8) is 0 Å². The molecule has 2 atom stereocenters. The van der Waals surface area contributed by atoms with E-state index in [0.29, 0.717) is 18.4 Å². The van der Waals surface area contributed by atoms with Gasteiger partial charge in [-0.2, -0.15) is 0 Å². The van der Waals surface area contributed by atoms with Crippen LogP contribution in [-0.2, 0) is 6.42 Å². The summed E-state index contributed by atoms with van der Waals surface area (Å²) in [5.74, 6) is 0. The first-order valence-corrected chi connectivity index (χ1v) is 4.09. The minimum Gasteiger partial charge on any atom is -0.390 e. The topological polar surface area (TPSA) is 40.5 Å². The van der Waals surface area contributed by atoms with Crippen LogP contribution in [0.1, 0.15) is 25.0 Å². The first-order valence-electron chi connectivity index (χ1n) is 4.59. The first-order chi connectivity index (χ1) is 6.11. The summed E-state index contributed by atoms with van der Waals surface area (Å²) in [6, 6.07) is 7.40. The fourth-order valence-electron chi connectivity index (χ4n) is 1.61. The average molecular weight is 165 g/mol. The van der Waals surface area contributed by atoms with Crippen LogP contribution in [0.5, 0.6) is 0 Å². The lowest BCUT2D eigenvalue weighted by Crippen LogP contribution is -2.24. The maximum absolute atomic E-state index is 9.65. The van der Waals surface area contributed by atoms with Gasteiger partial charge in [0.25, 0.3) is 0 Å². The zero-order chi connectivity index (χ0) is 9.47. The molecule has 0 fully saturated rings. The summed E-state index contributed by atoms with van der Waals surface area (Å²) in [5.41, 5.74) is 1.72. The monoisotopic (exact) mass is 165 g/mol. The van der Waals surface area contributed by atoms with Crippen LogP contribution in [-0.4, -0.2) is 16.3 Å². The molecule has 0 unspecified atom stereocenters. The fraction of sp³-hybridized carbons (Fsp3) is 0.400. The minimum atomic E-state index is -1.71. The highest BCUT2D eigenvalue weighted by Crippen LogP contribution is 2.29. The van der Waals surface area contributed by atoms with Crippen molar-refractivity contribution in [2.45, 2.75) is 25.0 Å².